The summed E-state index contributed by atoms with van der Waals surface area (Å²) in [6.45, 7) is 4.41. The van der Waals surface area contributed by atoms with Crippen molar-refractivity contribution in [1.29, 1.82) is 0 Å². The SMILES string of the molecule is COCC(O)(CCc1ccnn1C)C(C)C. The van der Waals surface area contributed by atoms with Crippen LogP contribution in [0.2, 0.25) is 0 Å². The number of rotatable bonds is 6. The van der Waals surface area contributed by atoms with Crippen molar-refractivity contribution >= 4 is 0 Å². The van der Waals surface area contributed by atoms with E-state index in [9.17, 15) is 5.11 Å². The van der Waals surface area contributed by atoms with Crippen molar-refractivity contribution in [3.63, 3.8) is 0 Å². The third-order valence-electron chi connectivity index (χ3n) is 3.21. The molecule has 4 nitrogen and oxygen atoms in total. The molecule has 0 saturated carbocycles. The molecule has 4 heteroatoms. The van der Waals surface area contributed by atoms with Crippen molar-refractivity contribution in [3.8, 4) is 0 Å². The first kappa shape index (κ1) is 13.2. The van der Waals surface area contributed by atoms with Crippen molar-refractivity contribution < 1.29 is 9.84 Å². The number of hydrogen-bond donors (Lipinski definition) is 1. The Morgan fingerprint density at radius 1 is 1.56 bits per heavy atom. The largest absolute Gasteiger partial charge is 0.387 e. The fraction of sp³-hybridized carbons (Fsp3) is 0.750. The maximum absolute atomic E-state index is 10.4. The van der Waals surface area contributed by atoms with Crippen LogP contribution < -0.4 is 0 Å². The Kier molecular flexibility index (Phi) is 4.50. The lowest BCUT2D eigenvalue weighted by atomic mass is 9.86. The van der Waals surface area contributed by atoms with Gasteiger partial charge in [-0.3, -0.25) is 4.68 Å². The Balaban J connectivity index is 2.60. The van der Waals surface area contributed by atoms with Crippen LogP contribution in [0.15, 0.2) is 12.3 Å². The normalized spacial score (nSPS) is 15.4. The summed E-state index contributed by atoms with van der Waals surface area (Å²) in [5.74, 6) is 0.181. The molecule has 1 atom stereocenters. The van der Waals surface area contributed by atoms with Crippen LogP contribution in [-0.4, -0.2) is 34.2 Å². The summed E-state index contributed by atoms with van der Waals surface area (Å²) >= 11 is 0. The van der Waals surface area contributed by atoms with Gasteiger partial charge in [-0.1, -0.05) is 13.8 Å². The highest BCUT2D eigenvalue weighted by Gasteiger charge is 2.30. The van der Waals surface area contributed by atoms with E-state index in [4.69, 9.17) is 4.74 Å². The van der Waals surface area contributed by atoms with Crippen LogP contribution in [0.4, 0.5) is 0 Å². The van der Waals surface area contributed by atoms with E-state index in [1.807, 2.05) is 31.6 Å². The average Bonchev–Trinajstić information content (AvgIpc) is 2.61. The first-order chi connectivity index (χ1) is 7.49. The second kappa shape index (κ2) is 5.46. The van der Waals surface area contributed by atoms with Crippen LogP contribution in [0, 0.1) is 5.92 Å². The molecule has 1 heterocycles. The van der Waals surface area contributed by atoms with E-state index in [0.717, 1.165) is 12.1 Å². The number of methoxy groups -OCH3 is 1. The zero-order chi connectivity index (χ0) is 12.2. The lowest BCUT2D eigenvalue weighted by Crippen LogP contribution is -2.40. The molecule has 0 amide bonds. The van der Waals surface area contributed by atoms with Crippen LogP contribution in [0.25, 0.3) is 0 Å². The van der Waals surface area contributed by atoms with E-state index < -0.39 is 5.60 Å². The number of ether oxygens (including phenoxy) is 1. The monoisotopic (exact) mass is 226 g/mol. The predicted molar refractivity (Wildman–Crippen MR) is 63.2 cm³/mol. The minimum absolute atomic E-state index is 0.181. The topological polar surface area (TPSA) is 47.3 Å². The minimum atomic E-state index is -0.751. The van der Waals surface area contributed by atoms with Crippen molar-refractivity contribution in [2.75, 3.05) is 13.7 Å². The molecule has 1 aromatic heterocycles. The molecule has 0 bridgehead atoms. The molecular formula is C12H22N2O2. The molecule has 16 heavy (non-hydrogen) atoms. The smallest absolute Gasteiger partial charge is 0.0906 e. The Labute approximate surface area is 97.2 Å². The van der Waals surface area contributed by atoms with Gasteiger partial charge in [0, 0.05) is 26.0 Å². The Hall–Kier alpha value is -0.870. The molecular weight excluding hydrogens is 204 g/mol. The maximum atomic E-state index is 10.4. The molecule has 0 radical (unpaired) electrons. The van der Waals surface area contributed by atoms with Crippen LogP contribution in [0.1, 0.15) is 26.0 Å². The van der Waals surface area contributed by atoms with Gasteiger partial charge in [-0.2, -0.15) is 5.10 Å². The number of nitrogens with zero attached hydrogens (tertiary/aromatic N) is 2. The van der Waals surface area contributed by atoms with Gasteiger partial charge in [-0.05, 0) is 24.8 Å². The molecule has 1 aromatic rings. The summed E-state index contributed by atoms with van der Waals surface area (Å²) in [5.41, 5.74) is 0.383. The summed E-state index contributed by atoms with van der Waals surface area (Å²) in [6, 6.07) is 1.98. The number of hydrogen-bond acceptors (Lipinski definition) is 3. The highest BCUT2D eigenvalue weighted by atomic mass is 16.5. The second-order valence-corrected chi connectivity index (χ2v) is 4.64. The van der Waals surface area contributed by atoms with Crippen LogP contribution >= 0.6 is 0 Å². The summed E-state index contributed by atoms with van der Waals surface area (Å²) in [6.07, 6.45) is 3.28. The van der Waals surface area contributed by atoms with Crippen molar-refractivity contribution in [1.82, 2.24) is 9.78 Å². The molecule has 1 rings (SSSR count). The molecule has 1 N–H and O–H groups in total. The van der Waals surface area contributed by atoms with E-state index in [1.165, 1.54) is 0 Å². The molecule has 0 fully saturated rings. The number of aryl methyl sites for hydroxylation is 2. The maximum Gasteiger partial charge on any atom is 0.0906 e. The predicted octanol–water partition coefficient (Wildman–Crippen LogP) is 1.39. The second-order valence-electron chi connectivity index (χ2n) is 4.64. The fourth-order valence-corrected chi connectivity index (χ4v) is 1.77. The number of aliphatic hydroxyl groups is 1. The first-order valence-corrected chi connectivity index (χ1v) is 5.68. The third kappa shape index (κ3) is 3.06. The molecule has 92 valence electrons. The van der Waals surface area contributed by atoms with E-state index >= 15 is 0 Å². The van der Waals surface area contributed by atoms with Gasteiger partial charge in [0.15, 0.2) is 0 Å². The third-order valence-corrected chi connectivity index (χ3v) is 3.21. The van der Waals surface area contributed by atoms with Gasteiger partial charge in [0.1, 0.15) is 0 Å². The lowest BCUT2D eigenvalue weighted by molar-refractivity contribution is -0.0699. The molecule has 0 aliphatic heterocycles. The van der Waals surface area contributed by atoms with Gasteiger partial charge in [0.2, 0.25) is 0 Å². The molecule has 0 saturated heterocycles. The summed E-state index contributed by atoms with van der Waals surface area (Å²) in [5, 5.41) is 14.5. The summed E-state index contributed by atoms with van der Waals surface area (Å²) in [7, 11) is 3.54. The highest BCUT2D eigenvalue weighted by molar-refractivity contribution is 5.01. The van der Waals surface area contributed by atoms with E-state index in [-0.39, 0.29) is 5.92 Å². The number of aromatic nitrogens is 2. The minimum Gasteiger partial charge on any atom is -0.387 e. The first-order valence-electron chi connectivity index (χ1n) is 5.68. The zero-order valence-electron chi connectivity index (χ0n) is 10.6. The van der Waals surface area contributed by atoms with Crippen molar-refractivity contribution in [2.24, 2.45) is 13.0 Å². The van der Waals surface area contributed by atoms with E-state index in [1.54, 1.807) is 13.3 Å². The highest BCUT2D eigenvalue weighted by Crippen LogP contribution is 2.23. The van der Waals surface area contributed by atoms with Crippen LogP contribution in [0.5, 0.6) is 0 Å². The van der Waals surface area contributed by atoms with Gasteiger partial charge in [0.25, 0.3) is 0 Å². The molecule has 0 spiro atoms. The lowest BCUT2D eigenvalue weighted by Gasteiger charge is -2.31. The Morgan fingerprint density at radius 3 is 2.69 bits per heavy atom. The van der Waals surface area contributed by atoms with E-state index in [0.29, 0.717) is 13.0 Å². The fourth-order valence-electron chi connectivity index (χ4n) is 1.77. The molecule has 0 aliphatic rings. The standard InChI is InChI=1S/C12H22N2O2/c1-10(2)12(15,9-16-4)7-5-11-6-8-13-14(11)3/h6,8,10,15H,5,7,9H2,1-4H3. The van der Waals surface area contributed by atoms with Crippen molar-refractivity contribution in [2.45, 2.75) is 32.3 Å². The summed E-state index contributed by atoms with van der Waals surface area (Å²) < 4.78 is 6.94. The van der Waals surface area contributed by atoms with Crippen LogP contribution in [0.3, 0.4) is 0 Å². The molecule has 0 aromatic carbocycles. The zero-order valence-corrected chi connectivity index (χ0v) is 10.6. The van der Waals surface area contributed by atoms with Gasteiger partial charge in [0.05, 0.1) is 12.2 Å². The van der Waals surface area contributed by atoms with Gasteiger partial charge in [-0.15, -0.1) is 0 Å². The molecule has 1 unspecified atom stereocenters. The Morgan fingerprint density at radius 2 is 2.25 bits per heavy atom. The van der Waals surface area contributed by atoms with Gasteiger partial charge >= 0.3 is 0 Å². The van der Waals surface area contributed by atoms with E-state index in [2.05, 4.69) is 5.10 Å². The quantitative estimate of drug-likeness (QED) is 0.797. The Bertz CT molecular complexity index is 323. The van der Waals surface area contributed by atoms with Crippen LogP contribution in [-0.2, 0) is 18.2 Å². The van der Waals surface area contributed by atoms with Gasteiger partial charge < -0.3 is 9.84 Å². The average molecular weight is 226 g/mol. The molecule has 0 aliphatic carbocycles. The van der Waals surface area contributed by atoms with Gasteiger partial charge in [-0.25, -0.2) is 0 Å². The van der Waals surface area contributed by atoms with Crippen molar-refractivity contribution in [3.05, 3.63) is 18.0 Å². The summed E-state index contributed by atoms with van der Waals surface area (Å²) in [4.78, 5) is 0.